The molecule has 2 heterocycles. The second kappa shape index (κ2) is 7.07. The van der Waals surface area contributed by atoms with Gasteiger partial charge >= 0.3 is 0 Å². The van der Waals surface area contributed by atoms with E-state index in [9.17, 15) is 4.79 Å². The lowest BCUT2D eigenvalue weighted by Gasteiger charge is -2.03. The van der Waals surface area contributed by atoms with Crippen LogP contribution in [0.15, 0.2) is 53.9 Å². The highest BCUT2D eigenvalue weighted by Crippen LogP contribution is 2.31. The molecule has 2 aromatic carbocycles. The van der Waals surface area contributed by atoms with Gasteiger partial charge in [0.1, 0.15) is 5.75 Å². The van der Waals surface area contributed by atoms with Crippen molar-refractivity contribution in [2.45, 2.75) is 19.3 Å². The number of aromatic nitrogens is 1. The van der Waals surface area contributed by atoms with E-state index in [2.05, 4.69) is 16.4 Å². The predicted octanol–water partition coefficient (Wildman–Crippen LogP) is 4.32. The summed E-state index contributed by atoms with van der Waals surface area (Å²) in [6, 6.07) is 16.2. The lowest BCUT2D eigenvalue weighted by atomic mass is 10.1. The number of nitrogens with zero attached hydrogens (tertiary/aromatic N) is 1. The zero-order valence-electron chi connectivity index (χ0n) is 13.7. The van der Waals surface area contributed by atoms with Crippen LogP contribution in [0.4, 0.5) is 5.13 Å². The van der Waals surface area contributed by atoms with Gasteiger partial charge in [0.25, 0.3) is 0 Å². The van der Waals surface area contributed by atoms with Crippen molar-refractivity contribution in [1.29, 1.82) is 0 Å². The van der Waals surface area contributed by atoms with Crippen molar-refractivity contribution in [3.63, 3.8) is 0 Å². The van der Waals surface area contributed by atoms with Crippen LogP contribution in [-0.4, -0.2) is 17.5 Å². The first-order valence-corrected chi connectivity index (χ1v) is 9.21. The Labute approximate surface area is 150 Å². The predicted molar refractivity (Wildman–Crippen MR) is 100 cm³/mol. The van der Waals surface area contributed by atoms with Crippen LogP contribution in [0.3, 0.4) is 0 Å². The molecule has 0 fully saturated rings. The zero-order valence-corrected chi connectivity index (χ0v) is 14.5. The van der Waals surface area contributed by atoms with Crippen molar-refractivity contribution in [1.82, 2.24) is 4.98 Å². The number of rotatable bonds is 5. The molecule has 0 unspecified atom stereocenters. The molecule has 0 atom stereocenters. The number of nitrogens with one attached hydrogen (secondary N) is 1. The summed E-state index contributed by atoms with van der Waals surface area (Å²) in [5.41, 5.74) is 4.33. The maximum absolute atomic E-state index is 12.1. The Morgan fingerprint density at radius 2 is 2.08 bits per heavy atom. The zero-order chi connectivity index (χ0) is 17.1. The van der Waals surface area contributed by atoms with Gasteiger partial charge in [-0.15, -0.1) is 11.3 Å². The van der Waals surface area contributed by atoms with Crippen molar-refractivity contribution >= 4 is 22.4 Å². The molecular formula is C20H18N2O2S. The number of amides is 1. The number of aryl methyl sites for hydroxylation is 1. The topological polar surface area (TPSA) is 51.2 Å². The number of hydrogen-bond acceptors (Lipinski definition) is 4. The molecule has 0 spiro atoms. The SMILES string of the molecule is O=C(CCc1ccccc1)Nc1nc(-c2ccc3c(c2)CCO3)cs1. The Bertz CT molecular complexity index is 890. The van der Waals surface area contributed by atoms with E-state index in [1.54, 1.807) is 0 Å². The van der Waals surface area contributed by atoms with Gasteiger partial charge in [0.15, 0.2) is 5.13 Å². The first kappa shape index (κ1) is 15.8. The molecule has 1 amide bonds. The molecular weight excluding hydrogens is 332 g/mol. The van der Waals surface area contributed by atoms with Crippen molar-refractivity contribution in [2.24, 2.45) is 0 Å². The average molecular weight is 350 g/mol. The van der Waals surface area contributed by atoms with E-state index in [1.807, 2.05) is 47.8 Å². The minimum absolute atomic E-state index is 0.00731. The van der Waals surface area contributed by atoms with Crippen LogP contribution in [0.25, 0.3) is 11.3 Å². The molecule has 3 aromatic rings. The molecule has 4 rings (SSSR count). The summed E-state index contributed by atoms with van der Waals surface area (Å²) < 4.78 is 5.54. The molecule has 0 bridgehead atoms. The quantitative estimate of drug-likeness (QED) is 0.746. The van der Waals surface area contributed by atoms with Gasteiger partial charge in [-0.2, -0.15) is 0 Å². The fourth-order valence-corrected chi connectivity index (χ4v) is 3.63. The number of hydrogen-bond donors (Lipinski definition) is 1. The lowest BCUT2D eigenvalue weighted by molar-refractivity contribution is -0.116. The number of fused-ring (bicyclic) bond motifs is 1. The maximum Gasteiger partial charge on any atom is 0.226 e. The lowest BCUT2D eigenvalue weighted by Crippen LogP contribution is -2.12. The molecule has 25 heavy (non-hydrogen) atoms. The highest BCUT2D eigenvalue weighted by atomic mass is 32.1. The summed E-state index contributed by atoms with van der Waals surface area (Å²) in [6.07, 6.45) is 2.13. The fraction of sp³-hybridized carbons (Fsp3) is 0.200. The molecule has 4 nitrogen and oxygen atoms in total. The maximum atomic E-state index is 12.1. The summed E-state index contributed by atoms with van der Waals surface area (Å²) in [5, 5.41) is 5.52. The molecule has 0 saturated carbocycles. The third-order valence-electron chi connectivity index (χ3n) is 4.22. The molecule has 126 valence electrons. The Morgan fingerprint density at radius 3 is 2.96 bits per heavy atom. The van der Waals surface area contributed by atoms with Crippen LogP contribution in [-0.2, 0) is 17.6 Å². The number of thiazole rings is 1. The summed E-state index contributed by atoms with van der Waals surface area (Å²) in [5.74, 6) is 0.959. The minimum atomic E-state index is -0.00731. The largest absolute Gasteiger partial charge is 0.493 e. The van der Waals surface area contributed by atoms with E-state index in [4.69, 9.17) is 4.74 Å². The van der Waals surface area contributed by atoms with Crippen LogP contribution in [0.1, 0.15) is 17.5 Å². The molecule has 0 radical (unpaired) electrons. The van der Waals surface area contributed by atoms with Gasteiger partial charge < -0.3 is 10.1 Å². The number of benzene rings is 2. The molecule has 5 heteroatoms. The minimum Gasteiger partial charge on any atom is -0.493 e. The van der Waals surface area contributed by atoms with E-state index in [-0.39, 0.29) is 5.91 Å². The van der Waals surface area contributed by atoms with E-state index in [1.165, 1.54) is 16.9 Å². The van der Waals surface area contributed by atoms with Gasteiger partial charge in [0.2, 0.25) is 5.91 Å². The third kappa shape index (κ3) is 3.72. The molecule has 1 aromatic heterocycles. The van der Waals surface area contributed by atoms with E-state index < -0.39 is 0 Å². The fourth-order valence-electron chi connectivity index (χ4n) is 2.89. The van der Waals surface area contributed by atoms with Crippen molar-refractivity contribution in [3.8, 4) is 17.0 Å². The number of carbonyl (C=O) groups excluding carboxylic acids is 1. The number of anilines is 1. The summed E-state index contributed by atoms with van der Waals surface area (Å²) >= 11 is 1.45. The normalized spacial score (nSPS) is 12.5. The summed E-state index contributed by atoms with van der Waals surface area (Å²) in [4.78, 5) is 16.7. The highest BCUT2D eigenvalue weighted by molar-refractivity contribution is 7.14. The van der Waals surface area contributed by atoms with Crippen molar-refractivity contribution in [3.05, 3.63) is 65.0 Å². The molecule has 1 aliphatic rings. The van der Waals surface area contributed by atoms with Gasteiger partial charge in [-0.25, -0.2) is 4.98 Å². The van der Waals surface area contributed by atoms with Crippen LogP contribution in [0, 0.1) is 0 Å². The van der Waals surface area contributed by atoms with Gasteiger partial charge in [-0.3, -0.25) is 4.79 Å². The molecule has 1 aliphatic heterocycles. The summed E-state index contributed by atoms with van der Waals surface area (Å²) in [7, 11) is 0. The first-order chi connectivity index (χ1) is 12.3. The first-order valence-electron chi connectivity index (χ1n) is 8.33. The highest BCUT2D eigenvalue weighted by Gasteiger charge is 2.14. The van der Waals surface area contributed by atoms with Crippen LogP contribution < -0.4 is 10.1 Å². The van der Waals surface area contributed by atoms with Gasteiger partial charge in [-0.05, 0) is 35.7 Å². The van der Waals surface area contributed by atoms with E-state index >= 15 is 0 Å². The van der Waals surface area contributed by atoms with Crippen LogP contribution in [0.5, 0.6) is 5.75 Å². The van der Waals surface area contributed by atoms with Gasteiger partial charge in [-0.1, -0.05) is 30.3 Å². The third-order valence-corrected chi connectivity index (χ3v) is 4.98. The van der Waals surface area contributed by atoms with Gasteiger partial charge in [0.05, 0.1) is 12.3 Å². The molecule has 1 N–H and O–H groups in total. The molecule has 0 saturated heterocycles. The number of carbonyl (C=O) groups is 1. The van der Waals surface area contributed by atoms with Crippen molar-refractivity contribution < 1.29 is 9.53 Å². The average Bonchev–Trinajstić information content (AvgIpc) is 3.29. The van der Waals surface area contributed by atoms with E-state index in [0.717, 1.165) is 42.0 Å². The second-order valence-corrected chi connectivity index (χ2v) is 6.85. The Balaban J connectivity index is 1.39. The Hall–Kier alpha value is -2.66. The summed E-state index contributed by atoms with van der Waals surface area (Å²) in [6.45, 7) is 0.749. The number of ether oxygens (including phenoxy) is 1. The van der Waals surface area contributed by atoms with Crippen LogP contribution in [0.2, 0.25) is 0 Å². The molecule has 0 aliphatic carbocycles. The van der Waals surface area contributed by atoms with E-state index in [0.29, 0.717) is 11.6 Å². The van der Waals surface area contributed by atoms with Crippen LogP contribution >= 0.6 is 11.3 Å². The van der Waals surface area contributed by atoms with Crippen molar-refractivity contribution in [2.75, 3.05) is 11.9 Å². The standard InChI is InChI=1S/C20H18N2O2S/c23-19(9-6-14-4-2-1-3-5-14)22-20-21-17(13-25-20)15-7-8-18-16(12-15)10-11-24-18/h1-5,7-8,12-13H,6,9-11H2,(H,21,22,23). The smallest absolute Gasteiger partial charge is 0.226 e. The Kier molecular flexibility index (Phi) is 4.48. The second-order valence-electron chi connectivity index (χ2n) is 5.99. The monoisotopic (exact) mass is 350 g/mol. The van der Waals surface area contributed by atoms with Gasteiger partial charge in [0, 0.05) is 23.8 Å². The Morgan fingerprint density at radius 1 is 1.20 bits per heavy atom.